The van der Waals surface area contributed by atoms with E-state index in [0.717, 1.165) is 11.6 Å². The smallest absolute Gasteiger partial charge is 0.271 e. The average molecular weight is 386 g/mol. The molecule has 1 aliphatic rings. The molecule has 2 heterocycles. The SMILES string of the molecule is CC[C@H](NC(=O)c1csc(N2CC(O)C2)n1)C(O[SiH](C)C)C(C)(C)C. The summed E-state index contributed by atoms with van der Waals surface area (Å²) in [4.78, 5) is 19.1. The van der Waals surface area contributed by atoms with E-state index in [0.29, 0.717) is 18.8 Å². The summed E-state index contributed by atoms with van der Waals surface area (Å²) in [6, 6.07) is -0.0432. The minimum absolute atomic E-state index is 0.0169. The van der Waals surface area contributed by atoms with Crippen LogP contribution >= 0.6 is 11.3 Å². The van der Waals surface area contributed by atoms with Crippen molar-refractivity contribution in [2.45, 2.75) is 65.5 Å². The molecule has 1 fully saturated rings. The molecule has 0 radical (unpaired) electrons. The molecule has 0 saturated carbocycles. The fourth-order valence-corrected chi connectivity index (χ4v) is 4.97. The van der Waals surface area contributed by atoms with E-state index >= 15 is 0 Å². The zero-order valence-corrected chi connectivity index (χ0v) is 18.0. The topological polar surface area (TPSA) is 74.7 Å². The van der Waals surface area contributed by atoms with E-state index in [-0.39, 0.29) is 29.6 Å². The summed E-state index contributed by atoms with van der Waals surface area (Å²) in [6.45, 7) is 14.0. The third-order valence-electron chi connectivity index (χ3n) is 4.25. The van der Waals surface area contributed by atoms with Crippen molar-refractivity contribution in [3.05, 3.63) is 11.1 Å². The summed E-state index contributed by atoms with van der Waals surface area (Å²) in [7, 11) is -1.22. The Labute approximate surface area is 156 Å². The molecule has 1 aromatic heterocycles. The van der Waals surface area contributed by atoms with E-state index in [1.165, 1.54) is 11.3 Å². The van der Waals surface area contributed by atoms with Crippen LogP contribution in [-0.4, -0.2) is 56.4 Å². The van der Waals surface area contributed by atoms with Gasteiger partial charge in [-0.2, -0.15) is 0 Å². The van der Waals surface area contributed by atoms with Crippen molar-refractivity contribution in [2.24, 2.45) is 5.41 Å². The monoisotopic (exact) mass is 385 g/mol. The number of aliphatic hydroxyl groups excluding tert-OH is 1. The van der Waals surface area contributed by atoms with Crippen LogP contribution < -0.4 is 10.2 Å². The third kappa shape index (κ3) is 5.26. The minimum Gasteiger partial charge on any atom is -0.415 e. The van der Waals surface area contributed by atoms with Gasteiger partial charge in [-0.05, 0) is 24.9 Å². The quantitative estimate of drug-likeness (QED) is 0.704. The number of nitrogens with zero attached hydrogens (tertiary/aromatic N) is 2. The van der Waals surface area contributed by atoms with Crippen molar-refractivity contribution in [2.75, 3.05) is 18.0 Å². The normalized spacial score (nSPS) is 18.2. The van der Waals surface area contributed by atoms with Crippen LogP contribution in [0.15, 0.2) is 5.38 Å². The Kier molecular flexibility index (Phi) is 6.64. The third-order valence-corrected chi connectivity index (χ3v) is 5.99. The summed E-state index contributed by atoms with van der Waals surface area (Å²) in [6.07, 6.45) is 0.511. The Morgan fingerprint density at radius 1 is 1.52 bits per heavy atom. The van der Waals surface area contributed by atoms with Crippen LogP contribution in [0.2, 0.25) is 13.1 Å². The second-order valence-corrected chi connectivity index (χ2v) is 11.2. The highest BCUT2D eigenvalue weighted by atomic mass is 32.1. The molecular formula is C17H31N3O3SSi. The van der Waals surface area contributed by atoms with Crippen molar-refractivity contribution < 1.29 is 14.3 Å². The van der Waals surface area contributed by atoms with Crippen molar-refractivity contribution in [3.8, 4) is 0 Å². The molecule has 25 heavy (non-hydrogen) atoms. The maximum Gasteiger partial charge on any atom is 0.271 e. The van der Waals surface area contributed by atoms with Crippen LogP contribution in [0.1, 0.15) is 44.6 Å². The first-order valence-corrected chi connectivity index (χ1v) is 12.6. The molecule has 0 aliphatic carbocycles. The van der Waals surface area contributed by atoms with Gasteiger partial charge in [-0.3, -0.25) is 4.79 Å². The lowest BCUT2D eigenvalue weighted by atomic mass is 9.83. The number of aliphatic hydroxyl groups is 1. The fraction of sp³-hybridized carbons (Fsp3) is 0.765. The van der Waals surface area contributed by atoms with Crippen LogP contribution in [0.4, 0.5) is 5.13 Å². The largest absolute Gasteiger partial charge is 0.415 e. The first kappa shape index (κ1) is 20.4. The molecule has 1 saturated heterocycles. The van der Waals surface area contributed by atoms with Crippen LogP contribution in [0.5, 0.6) is 0 Å². The zero-order chi connectivity index (χ0) is 18.8. The first-order valence-electron chi connectivity index (χ1n) is 8.96. The Balaban J connectivity index is 2.05. The molecule has 1 aromatic rings. The van der Waals surface area contributed by atoms with Gasteiger partial charge in [0.05, 0.1) is 18.2 Å². The standard InChI is InChI=1S/C17H31N3O3SSi/c1-7-12(14(17(2,3)4)23-25(5)6)18-15(22)13-10-24-16(19-13)20-8-11(21)9-20/h10-12,14,21,25H,7-9H2,1-6H3,(H,18,22)/t12-,14?/m0/s1. The molecule has 0 bridgehead atoms. The van der Waals surface area contributed by atoms with E-state index in [4.69, 9.17) is 4.43 Å². The number of carbonyl (C=O) groups is 1. The van der Waals surface area contributed by atoms with Gasteiger partial charge in [0.1, 0.15) is 5.69 Å². The first-order chi connectivity index (χ1) is 11.6. The van der Waals surface area contributed by atoms with Crippen molar-refractivity contribution in [3.63, 3.8) is 0 Å². The molecule has 1 amide bonds. The summed E-state index contributed by atoms with van der Waals surface area (Å²) in [5.74, 6) is -0.154. The predicted molar refractivity (Wildman–Crippen MR) is 105 cm³/mol. The van der Waals surface area contributed by atoms with Gasteiger partial charge in [0.2, 0.25) is 0 Å². The van der Waals surface area contributed by atoms with Crippen LogP contribution in [0, 0.1) is 5.41 Å². The minimum atomic E-state index is -1.22. The second kappa shape index (κ2) is 8.16. The number of hydrogen-bond donors (Lipinski definition) is 2. The van der Waals surface area contributed by atoms with Crippen LogP contribution in [0.3, 0.4) is 0 Å². The summed E-state index contributed by atoms with van der Waals surface area (Å²) >= 11 is 1.44. The number of aromatic nitrogens is 1. The number of nitrogens with one attached hydrogen (secondary N) is 1. The molecule has 0 spiro atoms. The number of carbonyl (C=O) groups excluding carboxylic acids is 1. The molecule has 2 atom stereocenters. The summed E-state index contributed by atoms with van der Waals surface area (Å²) in [5.41, 5.74) is 0.390. The number of β-amino-alcohol motifs (C(OH)–C–C–N with tert-alkyl or cyclic N) is 1. The van der Waals surface area contributed by atoms with E-state index in [9.17, 15) is 9.90 Å². The zero-order valence-electron chi connectivity index (χ0n) is 16.1. The Morgan fingerprint density at radius 3 is 2.64 bits per heavy atom. The fourth-order valence-electron chi connectivity index (χ4n) is 2.96. The van der Waals surface area contributed by atoms with Gasteiger partial charge in [-0.15, -0.1) is 11.3 Å². The Hall–Kier alpha value is -0.963. The van der Waals surface area contributed by atoms with Crippen molar-refractivity contribution in [1.29, 1.82) is 0 Å². The summed E-state index contributed by atoms with van der Waals surface area (Å²) < 4.78 is 6.26. The molecule has 0 aromatic carbocycles. The van der Waals surface area contributed by atoms with Gasteiger partial charge in [0.15, 0.2) is 14.2 Å². The van der Waals surface area contributed by atoms with Crippen LogP contribution in [-0.2, 0) is 4.43 Å². The molecule has 1 aliphatic heterocycles. The molecule has 8 heteroatoms. The lowest BCUT2D eigenvalue weighted by molar-refractivity contribution is 0.0451. The van der Waals surface area contributed by atoms with Gasteiger partial charge < -0.3 is 19.7 Å². The number of hydrogen-bond acceptors (Lipinski definition) is 6. The van der Waals surface area contributed by atoms with E-state index in [1.54, 1.807) is 5.38 Å². The lowest BCUT2D eigenvalue weighted by Crippen LogP contribution is -2.51. The Bertz CT molecular complexity index is 582. The number of anilines is 1. The highest BCUT2D eigenvalue weighted by Gasteiger charge is 2.34. The highest BCUT2D eigenvalue weighted by molar-refractivity contribution is 7.14. The van der Waals surface area contributed by atoms with Gasteiger partial charge in [0, 0.05) is 18.5 Å². The number of thiazole rings is 1. The molecular weight excluding hydrogens is 354 g/mol. The van der Waals surface area contributed by atoms with Gasteiger partial charge in [-0.25, -0.2) is 4.98 Å². The predicted octanol–water partition coefficient (Wildman–Crippen LogP) is 2.25. The number of amides is 1. The van der Waals surface area contributed by atoms with Gasteiger partial charge in [0.25, 0.3) is 5.91 Å². The van der Waals surface area contributed by atoms with E-state index in [1.807, 2.05) is 4.90 Å². The molecule has 142 valence electrons. The van der Waals surface area contributed by atoms with Crippen molar-refractivity contribution >= 4 is 31.4 Å². The average Bonchev–Trinajstić information content (AvgIpc) is 2.95. The molecule has 1 unspecified atom stereocenters. The maximum absolute atomic E-state index is 12.7. The van der Waals surface area contributed by atoms with E-state index < -0.39 is 9.04 Å². The molecule has 6 nitrogen and oxygen atoms in total. The molecule has 2 rings (SSSR count). The number of rotatable bonds is 7. The Morgan fingerprint density at radius 2 is 2.16 bits per heavy atom. The maximum atomic E-state index is 12.7. The lowest BCUT2D eigenvalue weighted by Gasteiger charge is -2.38. The van der Waals surface area contributed by atoms with Gasteiger partial charge in [-0.1, -0.05) is 27.7 Å². The van der Waals surface area contributed by atoms with Gasteiger partial charge >= 0.3 is 0 Å². The molecule has 2 N–H and O–H groups in total. The van der Waals surface area contributed by atoms with Crippen LogP contribution in [0.25, 0.3) is 0 Å². The highest BCUT2D eigenvalue weighted by Crippen LogP contribution is 2.28. The van der Waals surface area contributed by atoms with Crippen molar-refractivity contribution in [1.82, 2.24) is 10.3 Å². The second-order valence-electron chi connectivity index (χ2n) is 8.03. The summed E-state index contributed by atoms with van der Waals surface area (Å²) in [5, 5.41) is 15.1. The van der Waals surface area contributed by atoms with E-state index in [2.05, 4.69) is 51.1 Å².